The van der Waals surface area contributed by atoms with Gasteiger partial charge < -0.3 is 9.47 Å². The van der Waals surface area contributed by atoms with Gasteiger partial charge in [-0.2, -0.15) is 15.3 Å². The van der Waals surface area contributed by atoms with E-state index in [1.54, 1.807) is 9.58 Å². The fourth-order valence-corrected chi connectivity index (χ4v) is 6.11. The lowest BCUT2D eigenvalue weighted by Crippen LogP contribution is -2.39. The van der Waals surface area contributed by atoms with Crippen LogP contribution in [-0.2, 0) is 25.4 Å². The summed E-state index contributed by atoms with van der Waals surface area (Å²) < 4.78 is 17.6. The summed E-state index contributed by atoms with van der Waals surface area (Å²) in [4.78, 5) is 14.9. The largest absolute Gasteiger partial charge is 0.476 e. The third kappa shape index (κ3) is 5.18. The number of carbonyl (C=O) groups excluding carboxylic acids is 1. The lowest BCUT2D eigenvalue weighted by Gasteiger charge is -2.27. The molecule has 1 atom stereocenters. The Bertz CT molecular complexity index is 1550. The van der Waals surface area contributed by atoms with Gasteiger partial charge in [0.15, 0.2) is 0 Å². The average Bonchev–Trinajstić information content (AvgIpc) is 3.48. The molecule has 0 radical (unpaired) electrons. The van der Waals surface area contributed by atoms with Crippen LogP contribution in [0.15, 0.2) is 24.4 Å². The molecule has 5 rings (SSSR count). The van der Waals surface area contributed by atoms with E-state index < -0.39 is 11.7 Å². The van der Waals surface area contributed by atoms with Crippen LogP contribution in [0.5, 0.6) is 5.88 Å². The molecule has 0 fully saturated rings. The van der Waals surface area contributed by atoms with E-state index in [2.05, 4.69) is 50.4 Å². The Morgan fingerprint density at radius 1 is 1.16 bits per heavy atom. The minimum Gasteiger partial charge on any atom is -0.476 e. The van der Waals surface area contributed by atoms with Crippen LogP contribution < -0.4 is 4.74 Å². The first kappa shape index (κ1) is 26.7. The lowest BCUT2D eigenvalue weighted by molar-refractivity contribution is 0.0203. The fourth-order valence-electron chi connectivity index (χ4n) is 4.58. The predicted molar refractivity (Wildman–Crippen MR) is 159 cm³/mol. The van der Waals surface area contributed by atoms with Gasteiger partial charge in [-0.25, -0.2) is 13.9 Å². The minimum atomic E-state index is -0.622. The Hall–Kier alpha value is -2.92. The third-order valence-electron chi connectivity index (χ3n) is 6.38. The first-order valence-corrected chi connectivity index (χ1v) is 16.3. The molecular formula is C26H31IN7O3P. The van der Waals surface area contributed by atoms with Crippen molar-refractivity contribution >= 4 is 57.6 Å². The van der Waals surface area contributed by atoms with Crippen molar-refractivity contribution in [1.29, 1.82) is 0 Å². The van der Waals surface area contributed by atoms with Gasteiger partial charge >= 0.3 is 6.09 Å². The number of carbonyl (C=O) groups is 1. The fraction of sp³-hybridized carbons (Fsp3) is 0.385. The first-order valence-electron chi connectivity index (χ1n) is 12.3. The van der Waals surface area contributed by atoms with Crippen LogP contribution in [0, 0.1) is 6.92 Å². The molecule has 4 heterocycles. The summed E-state index contributed by atoms with van der Waals surface area (Å²) in [7, 11) is 3.75. The second kappa shape index (κ2) is 10.3. The number of amides is 1. The van der Waals surface area contributed by atoms with Crippen LogP contribution in [0.25, 0.3) is 34.2 Å². The molecule has 3 aromatic heterocycles. The van der Waals surface area contributed by atoms with Gasteiger partial charge in [0.2, 0.25) is 5.88 Å². The van der Waals surface area contributed by atoms with Crippen LogP contribution in [0.3, 0.4) is 0 Å². The van der Waals surface area contributed by atoms with Gasteiger partial charge in [-0.05, 0) is 79.6 Å². The zero-order valence-electron chi connectivity index (χ0n) is 22.3. The molecule has 0 N–H and O–H groups in total. The standard InChI is InChI=1S/C26H31IN7O3P/c1-16-18-8-9-21-19-13-17(7-10-22(19)34(30-21)38-27)20-14-28-32(6)24(20)36-12-11-33(15-23(18)31(5)29-16)25(35)37-26(2,3)4/h7-10,13-14,38H,11-12,15H2,1-6H3/b9-8+. The molecule has 1 aliphatic rings. The topological polar surface area (TPSA) is 92.2 Å². The Morgan fingerprint density at radius 3 is 2.68 bits per heavy atom. The number of halogens is 1. The van der Waals surface area contributed by atoms with Crippen molar-refractivity contribution in [1.82, 2.24) is 34.0 Å². The van der Waals surface area contributed by atoms with E-state index in [-0.39, 0.29) is 6.61 Å². The number of nitrogens with zero attached hydrogens (tertiary/aromatic N) is 7. The smallest absolute Gasteiger partial charge is 0.410 e. The predicted octanol–water partition coefficient (Wildman–Crippen LogP) is 5.57. The molecule has 0 aliphatic carbocycles. The van der Waals surface area contributed by atoms with E-state index in [0.717, 1.165) is 44.7 Å². The molecule has 4 aromatic rings. The van der Waals surface area contributed by atoms with Gasteiger partial charge in [-0.15, -0.1) is 0 Å². The zero-order valence-corrected chi connectivity index (χ0v) is 25.5. The molecule has 1 aliphatic heterocycles. The van der Waals surface area contributed by atoms with Crippen LogP contribution in [0.1, 0.15) is 43.4 Å². The number of ether oxygens (including phenoxy) is 2. The number of hydrogen-bond acceptors (Lipinski definition) is 6. The Balaban J connectivity index is 1.67. The summed E-state index contributed by atoms with van der Waals surface area (Å²) in [6.45, 7) is 8.49. The van der Waals surface area contributed by atoms with Crippen LogP contribution >= 0.6 is 28.4 Å². The number of aryl methyl sites for hydroxylation is 3. The number of benzene rings is 1. The number of rotatable bonds is 1. The Morgan fingerprint density at radius 2 is 1.95 bits per heavy atom. The molecule has 38 heavy (non-hydrogen) atoms. The second-order valence-electron chi connectivity index (χ2n) is 10.3. The summed E-state index contributed by atoms with van der Waals surface area (Å²) >= 11 is 2.35. The van der Waals surface area contributed by atoms with E-state index >= 15 is 0 Å². The molecule has 200 valence electrons. The Kier molecular flexibility index (Phi) is 7.25. The summed E-state index contributed by atoms with van der Waals surface area (Å²) in [6, 6.07) is 6.31. The number of hydrogen-bond donors (Lipinski definition) is 0. The SMILES string of the molecule is Cc1nn(C)c2c1/C=C/c1nn(PI)c3ccc(cc13)-c1cnn(C)c1OCCN(C(=O)OC(C)(C)C)C2. The van der Waals surface area contributed by atoms with Crippen LogP contribution in [-0.4, -0.2) is 58.9 Å². The van der Waals surface area contributed by atoms with Crippen LogP contribution in [0.2, 0.25) is 0 Å². The number of aromatic nitrogens is 6. The maximum absolute atomic E-state index is 13.3. The van der Waals surface area contributed by atoms with Crippen molar-refractivity contribution in [2.75, 3.05) is 13.2 Å². The average molecular weight is 647 g/mol. The maximum Gasteiger partial charge on any atom is 0.410 e. The summed E-state index contributed by atoms with van der Waals surface area (Å²) in [6.07, 6.45) is 5.95. The molecule has 1 aromatic carbocycles. The minimum absolute atomic E-state index is 0.273. The molecule has 10 nitrogen and oxygen atoms in total. The monoisotopic (exact) mass is 647 g/mol. The zero-order chi connectivity index (χ0) is 27.2. The maximum atomic E-state index is 13.3. The van der Waals surface area contributed by atoms with Gasteiger partial charge in [0.25, 0.3) is 0 Å². The van der Waals surface area contributed by atoms with Gasteiger partial charge in [0.1, 0.15) is 12.2 Å². The molecule has 0 saturated heterocycles. The van der Waals surface area contributed by atoms with Crippen LogP contribution in [0.4, 0.5) is 4.79 Å². The highest BCUT2D eigenvalue weighted by Gasteiger charge is 2.26. The molecular weight excluding hydrogens is 616 g/mol. The lowest BCUT2D eigenvalue weighted by atomic mass is 10.0. The molecule has 2 bridgehead atoms. The summed E-state index contributed by atoms with van der Waals surface area (Å²) in [5, 5.41) is 15.0. The molecule has 0 spiro atoms. The first-order chi connectivity index (χ1) is 18.1. The van der Waals surface area contributed by atoms with Gasteiger partial charge in [0.05, 0.1) is 53.8 Å². The summed E-state index contributed by atoms with van der Waals surface area (Å²) in [5.74, 6) is 0.640. The van der Waals surface area contributed by atoms with E-state index in [4.69, 9.17) is 14.6 Å². The van der Waals surface area contributed by atoms with E-state index in [1.165, 1.54) is 0 Å². The van der Waals surface area contributed by atoms with Crippen molar-refractivity contribution in [3.8, 4) is 17.0 Å². The highest BCUT2D eigenvalue weighted by atomic mass is 127. The Labute approximate surface area is 236 Å². The van der Waals surface area contributed by atoms with Crippen molar-refractivity contribution in [3.63, 3.8) is 0 Å². The van der Waals surface area contributed by atoms with Crippen molar-refractivity contribution in [3.05, 3.63) is 47.0 Å². The van der Waals surface area contributed by atoms with E-state index in [9.17, 15) is 4.79 Å². The molecule has 12 heteroatoms. The van der Waals surface area contributed by atoms with Gasteiger partial charge in [-0.1, -0.05) is 6.07 Å². The van der Waals surface area contributed by atoms with Crippen molar-refractivity contribution in [2.24, 2.45) is 14.1 Å². The molecule has 0 saturated carbocycles. The molecule has 1 amide bonds. The van der Waals surface area contributed by atoms with Gasteiger partial charge in [0, 0.05) is 25.0 Å². The van der Waals surface area contributed by atoms with Crippen molar-refractivity contribution < 1.29 is 14.3 Å². The number of fused-ring (bicyclic) bond motifs is 4. The van der Waals surface area contributed by atoms with Crippen molar-refractivity contribution in [2.45, 2.75) is 39.8 Å². The highest BCUT2D eigenvalue weighted by molar-refractivity contribution is 14.2. The second-order valence-corrected chi connectivity index (χ2v) is 12.3. The highest BCUT2D eigenvalue weighted by Crippen LogP contribution is 2.36. The summed E-state index contributed by atoms with van der Waals surface area (Å²) in [5.41, 5.74) is 5.92. The quantitative estimate of drug-likeness (QED) is 0.198. The molecule has 1 unspecified atom stereocenters. The van der Waals surface area contributed by atoms with Gasteiger partial charge in [-0.3, -0.25) is 9.58 Å². The third-order valence-corrected chi connectivity index (χ3v) is 8.25. The van der Waals surface area contributed by atoms with E-state index in [0.29, 0.717) is 25.3 Å². The van der Waals surface area contributed by atoms with E-state index in [1.807, 2.05) is 69.3 Å². The normalized spacial score (nSPS) is 15.3.